The van der Waals surface area contributed by atoms with Gasteiger partial charge in [-0.25, -0.2) is 0 Å². The van der Waals surface area contributed by atoms with Crippen molar-refractivity contribution in [2.24, 2.45) is 5.18 Å². The molecule has 2 aliphatic heterocycles. The lowest BCUT2D eigenvalue weighted by molar-refractivity contribution is -0.119. The van der Waals surface area contributed by atoms with Crippen molar-refractivity contribution in [3.05, 3.63) is 28.2 Å². The third kappa shape index (κ3) is 3.52. The molecule has 7 heteroatoms. The Labute approximate surface area is 142 Å². The van der Waals surface area contributed by atoms with Crippen LogP contribution >= 0.6 is 0 Å². The summed E-state index contributed by atoms with van der Waals surface area (Å²) in [5.74, 6) is 0.970. The second kappa shape index (κ2) is 7.03. The third-order valence-electron chi connectivity index (χ3n) is 4.72. The van der Waals surface area contributed by atoms with Crippen molar-refractivity contribution >= 4 is 18.5 Å². The zero-order chi connectivity index (χ0) is 17.3. The Morgan fingerprint density at radius 1 is 1.50 bits per heavy atom. The molecule has 0 saturated carbocycles. The summed E-state index contributed by atoms with van der Waals surface area (Å²) in [5, 5.41) is 13.0. The zero-order valence-corrected chi connectivity index (χ0v) is 14.2. The number of carbonyl (C=O) groups is 1. The summed E-state index contributed by atoms with van der Waals surface area (Å²) < 4.78 is 6.21. The van der Waals surface area contributed by atoms with Crippen molar-refractivity contribution in [2.75, 3.05) is 13.1 Å². The molecule has 0 bridgehead atoms. The van der Waals surface area contributed by atoms with Gasteiger partial charge in [0, 0.05) is 37.3 Å². The SMILES string of the molecule is CCCC(=O)C[C@H]1Cc2cc(N=O)cc(C(C)O)c2OB1N1CC1. The molecule has 1 aromatic carbocycles. The third-order valence-corrected chi connectivity index (χ3v) is 4.72. The Morgan fingerprint density at radius 2 is 2.25 bits per heavy atom. The molecule has 128 valence electrons. The first-order valence-electron chi connectivity index (χ1n) is 8.64. The second-order valence-corrected chi connectivity index (χ2v) is 6.79. The highest BCUT2D eigenvalue weighted by atomic mass is 16.5. The molecule has 0 aromatic heterocycles. The number of hydrogen-bond donors (Lipinski definition) is 1. The molecule has 6 nitrogen and oxygen atoms in total. The number of carbonyl (C=O) groups excluding carboxylic acids is 1. The summed E-state index contributed by atoms with van der Waals surface area (Å²) in [4.78, 5) is 25.3. The Bertz CT molecular complexity index is 646. The maximum absolute atomic E-state index is 12.1. The number of hydrogen-bond acceptors (Lipinski definition) is 6. The van der Waals surface area contributed by atoms with E-state index in [1.54, 1.807) is 19.1 Å². The lowest BCUT2D eigenvalue weighted by atomic mass is 9.60. The highest BCUT2D eigenvalue weighted by Gasteiger charge is 2.46. The van der Waals surface area contributed by atoms with Crippen molar-refractivity contribution in [1.82, 2.24) is 4.81 Å². The van der Waals surface area contributed by atoms with E-state index in [0.717, 1.165) is 25.1 Å². The molecular formula is C17H23BN2O4. The molecular weight excluding hydrogens is 307 g/mol. The topological polar surface area (TPSA) is 79.0 Å². The molecule has 24 heavy (non-hydrogen) atoms. The fraction of sp³-hybridized carbons (Fsp3) is 0.588. The standard InChI is InChI=1S/C17H23BN2O4/c1-3-4-15(22)9-13-7-12-8-14(19-23)10-16(11(2)21)17(12)24-18(13)20-5-6-20/h8,10-11,13,21H,3-7,9H2,1-2H3/t11?,13-/m1/s1. The Balaban J connectivity index is 1.92. The maximum atomic E-state index is 12.1. The van der Waals surface area contributed by atoms with E-state index < -0.39 is 6.10 Å². The summed E-state index contributed by atoms with van der Waals surface area (Å²) in [6.07, 6.45) is 1.84. The lowest BCUT2D eigenvalue weighted by Gasteiger charge is -2.33. The molecule has 1 unspecified atom stereocenters. The van der Waals surface area contributed by atoms with Crippen LogP contribution in [0.2, 0.25) is 5.82 Å². The summed E-state index contributed by atoms with van der Waals surface area (Å²) in [6.45, 7) is 5.59. The van der Waals surface area contributed by atoms with E-state index in [2.05, 4.69) is 9.99 Å². The smallest absolute Gasteiger partial charge is 0.453 e. The van der Waals surface area contributed by atoms with Gasteiger partial charge in [0.25, 0.3) is 0 Å². The van der Waals surface area contributed by atoms with Crippen molar-refractivity contribution < 1.29 is 14.6 Å². The van der Waals surface area contributed by atoms with Crippen LogP contribution in [-0.2, 0) is 11.2 Å². The number of nitroso groups, excluding NO2 is 1. The van der Waals surface area contributed by atoms with E-state index in [4.69, 9.17) is 4.65 Å². The highest BCUT2D eigenvalue weighted by molar-refractivity contribution is 6.53. The van der Waals surface area contributed by atoms with Crippen LogP contribution in [0.25, 0.3) is 0 Å². The van der Waals surface area contributed by atoms with Gasteiger partial charge in [0.05, 0.1) is 6.10 Å². The summed E-state index contributed by atoms with van der Waals surface area (Å²) in [7, 11) is -0.133. The van der Waals surface area contributed by atoms with Crippen LogP contribution in [0.4, 0.5) is 5.69 Å². The largest absolute Gasteiger partial charge is 0.545 e. The minimum Gasteiger partial charge on any atom is -0.545 e. The number of benzene rings is 1. The molecule has 3 rings (SSSR count). The summed E-state index contributed by atoms with van der Waals surface area (Å²) >= 11 is 0. The Kier molecular flexibility index (Phi) is 5.01. The van der Waals surface area contributed by atoms with Gasteiger partial charge in [-0.15, -0.1) is 4.91 Å². The number of ketones is 1. The predicted molar refractivity (Wildman–Crippen MR) is 92.5 cm³/mol. The van der Waals surface area contributed by atoms with Crippen molar-refractivity contribution in [3.63, 3.8) is 0 Å². The number of fused-ring (bicyclic) bond motifs is 1. The number of aliphatic hydroxyl groups is 1. The van der Waals surface area contributed by atoms with Crippen molar-refractivity contribution in [1.29, 1.82) is 0 Å². The van der Waals surface area contributed by atoms with Crippen LogP contribution in [0, 0.1) is 4.91 Å². The van der Waals surface area contributed by atoms with Crippen LogP contribution in [0.15, 0.2) is 17.3 Å². The maximum Gasteiger partial charge on any atom is 0.453 e. The van der Waals surface area contributed by atoms with Gasteiger partial charge in [0.1, 0.15) is 17.2 Å². The molecule has 0 spiro atoms. The van der Waals surface area contributed by atoms with Gasteiger partial charge in [-0.2, -0.15) is 0 Å². The molecule has 2 atom stereocenters. The molecule has 2 aliphatic rings. The molecule has 1 N–H and O–H groups in total. The predicted octanol–water partition coefficient (Wildman–Crippen LogP) is 3.01. The first-order chi connectivity index (χ1) is 11.5. The van der Waals surface area contributed by atoms with Crippen LogP contribution in [0.3, 0.4) is 0 Å². The Morgan fingerprint density at radius 3 is 2.83 bits per heavy atom. The first kappa shape index (κ1) is 17.1. The normalized spacial score (nSPS) is 21.0. The summed E-state index contributed by atoms with van der Waals surface area (Å²) in [5.41, 5.74) is 1.74. The second-order valence-electron chi connectivity index (χ2n) is 6.79. The molecule has 1 aromatic rings. The quantitative estimate of drug-likeness (QED) is 0.472. The minimum atomic E-state index is -0.742. The van der Waals surface area contributed by atoms with E-state index in [1.165, 1.54) is 0 Å². The van der Waals surface area contributed by atoms with Crippen LogP contribution in [0.1, 0.15) is 50.3 Å². The van der Waals surface area contributed by atoms with Crippen LogP contribution < -0.4 is 4.65 Å². The minimum absolute atomic E-state index is 0.0720. The van der Waals surface area contributed by atoms with E-state index in [1.807, 2.05) is 6.92 Å². The molecule has 0 radical (unpaired) electrons. The highest BCUT2D eigenvalue weighted by Crippen LogP contribution is 2.43. The van der Waals surface area contributed by atoms with Crippen LogP contribution in [-0.4, -0.2) is 35.8 Å². The van der Waals surface area contributed by atoms with E-state index >= 15 is 0 Å². The fourth-order valence-electron chi connectivity index (χ4n) is 3.49. The average Bonchev–Trinajstić information content (AvgIpc) is 3.37. The van der Waals surface area contributed by atoms with Crippen molar-refractivity contribution in [2.45, 2.75) is 51.5 Å². The number of Topliss-reactive ketones (excluding diaryl/α,β-unsaturated/α-hetero) is 1. The van der Waals surface area contributed by atoms with Gasteiger partial charge in [-0.1, -0.05) is 6.92 Å². The van der Waals surface area contributed by atoms with Gasteiger partial charge in [-0.05, 0) is 42.6 Å². The number of nitrogens with zero attached hydrogens (tertiary/aromatic N) is 2. The lowest BCUT2D eigenvalue weighted by Crippen LogP contribution is -2.42. The first-order valence-corrected chi connectivity index (χ1v) is 8.64. The van der Waals surface area contributed by atoms with Gasteiger partial charge in [0.2, 0.25) is 0 Å². The zero-order valence-electron chi connectivity index (χ0n) is 14.2. The van der Waals surface area contributed by atoms with Crippen LogP contribution in [0.5, 0.6) is 5.75 Å². The number of aliphatic hydroxyl groups excluding tert-OH is 1. The Hall–Kier alpha value is -1.73. The molecule has 2 heterocycles. The summed E-state index contributed by atoms with van der Waals surface area (Å²) in [6, 6.07) is 3.29. The van der Waals surface area contributed by atoms with Gasteiger partial charge < -0.3 is 14.6 Å². The monoisotopic (exact) mass is 330 g/mol. The van der Waals surface area contributed by atoms with Crippen molar-refractivity contribution in [3.8, 4) is 5.75 Å². The van der Waals surface area contributed by atoms with E-state index in [9.17, 15) is 14.8 Å². The van der Waals surface area contributed by atoms with Gasteiger partial charge in [0.15, 0.2) is 0 Å². The average molecular weight is 330 g/mol. The molecule has 0 aliphatic carbocycles. The van der Waals surface area contributed by atoms with E-state index in [-0.39, 0.29) is 24.3 Å². The van der Waals surface area contributed by atoms with E-state index in [0.29, 0.717) is 30.6 Å². The van der Waals surface area contributed by atoms with Gasteiger partial charge in [-0.3, -0.25) is 4.79 Å². The molecule has 0 amide bonds. The fourth-order valence-corrected chi connectivity index (χ4v) is 3.49. The molecule has 1 fully saturated rings. The van der Waals surface area contributed by atoms with Gasteiger partial charge >= 0.3 is 7.05 Å². The molecule has 1 saturated heterocycles. The number of rotatable bonds is 7.